The molecule has 63 heavy (non-hydrogen) atoms. The maximum Gasteiger partial charge on any atom is 0.333 e. The molecule has 0 saturated heterocycles. The van der Waals surface area contributed by atoms with Crippen LogP contribution in [-0.2, 0) is 47.7 Å². The van der Waals surface area contributed by atoms with E-state index in [1.54, 1.807) is 20.8 Å². The average molecular weight is 879 g/mol. The van der Waals surface area contributed by atoms with Gasteiger partial charge in [-0.05, 0) is 148 Å². The standard InChI is InChI=1S/C50H70O13/c1-29(2)38(53)61-49-21-35-20-44(57,23-49)24-50(58,28-49)36(35)11-30(3)39(54)62-48-19-34-17-46(26-48,59-31(4)51)25-47(18-34,27-48)60-37(52)9-10-41(5,6)40(55)63-45-15-32-12-33(16-45)14-43(13-32,22-45)42(7,8)56/h32-36,56-58H,1,3,9-28H2,2,4-8H3. The largest absolute Gasteiger partial charge is 0.459 e. The van der Waals surface area contributed by atoms with Gasteiger partial charge < -0.3 is 39.0 Å². The number of ether oxygens (including phenoxy) is 5. The summed E-state index contributed by atoms with van der Waals surface area (Å²) in [4.78, 5) is 67.3. The van der Waals surface area contributed by atoms with Gasteiger partial charge in [0, 0.05) is 68.4 Å². The second kappa shape index (κ2) is 14.1. The van der Waals surface area contributed by atoms with Crippen LogP contribution in [0.3, 0.4) is 0 Å². The molecular weight excluding hydrogens is 809 g/mol. The van der Waals surface area contributed by atoms with Crippen molar-refractivity contribution in [3.8, 4) is 0 Å². The average Bonchev–Trinajstić information content (AvgIpc) is 3.08. The summed E-state index contributed by atoms with van der Waals surface area (Å²) in [5.74, 6) is -2.38. The Hall–Kier alpha value is -3.29. The summed E-state index contributed by atoms with van der Waals surface area (Å²) < 4.78 is 31.3. The molecule has 0 amide bonds. The highest BCUT2D eigenvalue weighted by Crippen LogP contribution is 2.68. The summed E-state index contributed by atoms with van der Waals surface area (Å²) in [6, 6.07) is 0. The molecule has 0 heterocycles. The number of esters is 5. The van der Waals surface area contributed by atoms with E-state index in [2.05, 4.69) is 13.2 Å². The molecule has 11 atom stereocenters. The van der Waals surface area contributed by atoms with Gasteiger partial charge in [0.15, 0.2) is 0 Å². The van der Waals surface area contributed by atoms with E-state index in [0.29, 0.717) is 50.4 Å². The molecular formula is C50H70O13. The minimum atomic E-state index is -1.40. The summed E-state index contributed by atoms with van der Waals surface area (Å²) in [7, 11) is 0. The van der Waals surface area contributed by atoms with Crippen LogP contribution in [0.2, 0.25) is 0 Å². The summed E-state index contributed by atoms with van der Waals surface area (Å²) in [6.07, 6.45) is 9.22. The Morgan fingerprint density at radius 1 is 0.619 bits per heavy atom. The van der Waals surface area contributed by atoms with E-state index in [1.807, 2.05) is 13.8 Å². The molecule has 0 radical (unpaired) electrons. The van der Waals surface area contributed by atoms with E-state index in [-0.39, 0.29) is 92.2 Å². The molecule has 12 rings (SSSR count). The van der Waals surface area contributed by atoms with Crippen LogP contribution in [0, 0.1) is 40.4 Å². The summed E-state index contributed by atoms with van der Waals surface area (Å²) in [5, 5.41) is 34.9. The van der Waals surface area contributed by atoms with Crippen LogP contribution in [0.4, 0.5) is 0 Å². The van der Waals surface area contributed by atoms with Gasteiger partial charge in [-0.25, -0.2) is 9.59 Å². The third-order valence-corrected chi connectivity index (χ3v) is 17.9. The number of hydrogen-bond acceptors (Lipinski definition) is 13. The predicted octanol–water partition coefficient (Wildman–Crippen LogP) is 6.80. The van der Waals surface area contributed by atoms with Gasteiger partial charge in [-0.15, -0.1) is 0 Å². The lowest BCUT2D eigenvalue weighted by molar-refractivity contribution is -0.283. The van der Waals surface area contributed by atoms with Crippen molar-refractivity contribution < 1.29 is 63.0 Å². The lowest BCUT2D eigenvalue weighted by atomic mass is 9.44. The Labute approximate surface area is 371 Å². The number of aliphatic hydroxyl groups is 3. The van der Waals surface area contributed by atoms with E-state index in [1.165, 1.54) is 6.92 Å². The van der Waals surface area contributed by atoms with E-state index in [0.717, 1.165) is 32.1 Å². The first-order valence-corrected chi connectivity index (χ1v) is 23.7. The van der Waals surface area contributed by atoms with Gasteiger partial charge in [0.25, 0.3) is 0 Å². The molecule has 0 aliphatic heterocycles. The van der Waals surface area contributed by atoms with E-state index < -0.39 is 80.0 Å². The zero-order valence-electron chi connectivity index (χ0n) is 38.4. The molecule has 12 aliphatic carbocycles. The van der Waals surface area contributed by atoms with Crippen molar-refractivity contribution in [3.63, 3.8) is 0 Å². The van der Waals surface area contributed by atoms with Crippen LogP contribution in [0.25, 0.3) is 0 Å². The Morgan fingerprint density at radius 3 is 1.75 bits per heavy atom. The lowest BCUT2D eigenvalue weighted by Crippen LogP contribution is -2.70. The summed E-state index contributed by atoms with van der Waals surface area (Å²) >= 11 is 0. The molecule has 11 unspecified atom stereocenters. The van der Waals surface area contributed by atoms with E-state index in [4.69, 9.17) is 23.7 Å². The third-order valence-electron chi connectivity index (χ3n) is 17.9. The minimum Gasteiger partial charge on any atom is -0.459 e. The molecule has 348 valence electrons. The smallest absolute Gasteiger partial charge is 0.333 e. The van der Waals surface area contributed by atoms with Gasteiger partial charge in [0.2, 0.25) is 0 Å². The highest BCUT2D eigenvalue weighted by Gasteiger charge is 2.71. The zero-order valence-corrected chi connectivity index (χ0v) is 38.4. The fraction of sp³-hybridized carbons (Fsp3) is 0.820. The van der Waals surface area contributed by atoms with E-state index >= 15 is 0 Å². The molecule has 13 nitrogen and oxygen atoms in total. The van der Waals surface area contributed by atoms with Crippen molar-refractivity contribution in [3.05, 3.63) is 24.3 Å². The second-order valence-electron chi connectivity index (χ2n) is 24.6. The number of carbonyl (C=O) groups excluding carboxylic acids is 5. The van der Waals surface area contributed by atoms with Crippen molar-refractivity contribution in [1.82, 2.24) is 0 Å². The molecule has 0 aromatic rings. The SMILES string of the molecule is C=C(C)C(=O)OC12CC3CC(O)(C1)CC(O)(C2)C3CC(=C)C(=O)OC12CC3CC(OC(C)=O)(CC(OC(=O)CCC(C)(C)C(=O)OC45CC6CC(C4)CC(C(C)(C)O)(C6)C5)(C3)C1)C2. The first-order valence-electron chi connectivity index (χ1n) is 23.7. The zero-order chi connectivity index (χ0) is 45.6. The second-order valence-corrected chi connectivity index (χ2v) is 24.6. The molecule has 0 aromatic carbocycles. The van der Waals surface area contributed by atoms with Gasteiger partial charge in [-0.2, -0.15) is 0 Å². The monoisotopic (exact) mass is 878 g/mol. The molecule has 12 aliphatic rings. The fourth-order valence-electron chi connectivity index (χ4n) is 16.6. The molecule has 12 bridgehead atoms. The Kier molecular flexibility index (Phi) is 10.1. The van der Waals surface area contributed by atoms with E-state index in [9.17, 15) is 39.3 Å². The number of carbonyl (C=O) groups is 5. The Bertz CT molecular complexity index is 2020. The number of rotatable bonds is 14. The number of hydrogen-bond donors (Lipinski definition) is 3. The predicted molar refractivity (Wildman–Crippen MR) is 226 cm³/mol. The first-order chi connectivity index (χ1) is 29.0. The first kappa shape index (κ1) is 44.9. The van der Waals surface area contributed by atoms with Crippen LogP contribution in [-0.4, -0.2) is 90.0 Å². The van der Waals surface area contributed by atoms with Crippen LogP contribution < -0.4 is 0 Å². The van der Waals surface area contributed by atoms with Gasteiger partial charge in [-0.3, -0.25) is 14.4 Å². The summed E-state index contributed by atoms with van der Waals surface area (Å²) in [6.45, 7) is 18.1. The minimum absolute atomic E-state index is 0.0428. The molecule has 0 aromatic heterocycles. The van der Waals surface area contributed by atoms with Gasteiger partial charge >= 0.3 is 29.8 Å². The van der Waals surface area contributed by atoms with Crippen molar-refractivity contribution >= 4 is 29.8 Å². The molecule has 0 spiro atoms. The van der Waals surface area contributed by atoms with Crippen LogP contribution >= 0.6 is 0 Å². The third kappa shape index (κ3) is 7.79. The molecule has 12 fully saturated rings. The van der Waals surface area contributed by atoms with Crippen molar-refractivity contribution in [2.24, 2.45) is 40.4 Å². The summed E-state index contributed by atoms with van der Waals surface area (Å²) in [5.41, 5.74) is -9.14. The lowest BCUT2D eigenvalue weighted by Gasteiger charge is -2.65. The quantitative estimate of drug-likeness (QED) is 0.0939. The topological polar surface area (TPSA) is 192 Å². The normalized spacial score (nSPS) is 44.8. The maximum absolute atomic E-state index is 14.2. The van der Waals surface area contributed by atoms with Crippen LogP contribution in [0.1, 0.15) is 170 Å². The Morgan fingerprint density at radius 2 is 1.17 bits per heavy atom. The highest BCUT2D eigenvalue weighted by atomic mass is 16.6. The van der Waals surface area contributed by atoms with Crippen molar-refractivity contribution in [2.75, 3.05) is 0 Å². The molecule has 12 saturated carbocycles. The van der Waals surface area contributed by atoms with Gasteiger partial charge in [-0.1, -0.05) is 13.2 Å². The molecule has 3 N–H and O–H groups in total. The maximum atomic E-state index is 14.2. The van der Waals surface area contributed by atoms with Gasteiger partial charge in [0.05, 0.1) is 22.2 Å². The van der Waals surface area contributed by atoms with Gasteiger partial charge in [0.1, 0.15) is 28.0 Å². The fourth-order valence-corrected chi connectivity index (χ4v) is 16.6. The molecule has 13 heteroatoms. The van der Waals surface area contributed by atoms with Crippen molar-refractivity contribution in [2.45, 2.75) is 215 Å². The van der Waals surface area contributed by atoms with Crippen LogP contribution in [0.5, 0.6) is 0 Å². The Balaban J connectivity index is 0.858. The van der Waals surface area contributed by atoms with Crippen molar-refractivity contribution in [1.29, 1.82) is 0 Å². The van der Waals surface area contributed by atoms with Crippen LogP contribution in [0.15, 0.2) is 24.3 Å². The highest BCUT2D eigenvalue weighted by molar-refractivity contribution is 5.88.